The SMILES string of the molecule is COc1ccc([N+](=O)[O-])c(NCCc2noc(C)n2)n1. The smallest absolute Gasteiger partial charge is 0.311 e. The van der Waals surface area contributed by atoms with Gasteiger partial charge in [-0.05, 0) is 0 Å². The number of methoxy groups -OCH3 is 1. The van der Waals surface area contributed by atoms with Crippen molar-refractivity contribution in [3.05, 3.63) is 34.0 Å². The first kappa shape index (κ1) is 13.7. The van der Waals surface area contributed by atoms with E-state index < -0.39 is 4.92 Å². The van der Waals surface area contributed by atoms with E-state index in [2.05, 4.69) is 20.4 Å². The van der Waals surface area contributed by atoms with E-state index in [0.717, 1.165) is 0 Å². The summed E-state index contributed by atoms with van der Waals surface area (Å²) < 4.78 is 9.78. The van der Waals surface area contributed by atoms with Gasteiger partial charge < -0.3 is 14.6 Å². The Hall–Kier alpha value is -2.71. The molecule has 9 heteroatoms. The molecule has 2 rings (SSSR count). The number of nitrogens with zero attached hydrogens (tertiary/aromatic N) is 4. The summed E-state index contributed by atoms with van der Waals surface area (Å²) in [5.41, 5.74) is -0.116. The zero-order chi connectivity index (χ0) is 14.5. The van der Waals surface area contributed by atoms with Crippen molar-refractivity contribution < 1.29 is 14.2 Å². The summed E-state index contributed by atoms with van der Waals surface area (Å²) in [6, 6.07) is 2.78. The van der Waals surface area contributed by atoms with Gasteiger partial charge >= 0.3 is 5.69 Å². The van der Waals surface area contributed by atoms with Crippen molar-refractivity contribution in [2.24, 2.45) is 0 Å². The van der Waals surface area contributed by atoms with E-state index in [0.29, 0.717) is 30.6 Å². The van der Waals surface area contributed by atoms with Crippen molar-refractivity contribution in [2.45, 2.75) is 13.3 Å². The summed E-state index contributed by atoms with van der Waals surface area (Å²) in [5.74, 6) is 1.45. The van der Waals surface area contributed by atoms with Gasteiger partial charge in [-0.25, -0.2) is 0 Å². The molecule has 0 bridgehead atoms. The average molecular weight is 279 g/mol. The summed E-state index contributed by atoms with van der Waals surface area (Å²) in [7, 11) is 1.44. The van der Waals surface area contributed by atoms with E-state index in [9.17, 15) is 10.1 Å². The third kappa shape index (κ3) is 3.19. The lowest BCUT2D eigenvalue weighted by atomic mass is 10.3. The first-order valence-electron chi connectivity index (χ1n) is 5.82. The number of anilines is 1. The molecule has 1 N–H and O–H groups in total. The summed E-state index contributed by atoms with van der Waals surface area (Å²) in [5, 5.41) is 17.5. The topological polar surface area (TPSA) is 116 Å². The molecule has 0 fully saturated rings. The molecule has 0 radical (unpaired) electrons. The molecule has 106 valence electrons. The van der Waals surface area contributed by atoms with Gasteiger partial charge in [-0.2, -0.15) is 9.97 Å². The van der Waals surface area contributed by atoms with Crippen LogP contribution in [0.3, 0.4) is 0 Å². The van der Waals surface area contributed by atoms with Gasteiger partial charge in [0.15, 0.2) is 5.82 Å². The quantitative estimate of drug-likeness (QED) is 0.622. The molecule has 2 aromatic heterocycles. The molecule has 20 heavy (non-hydrogen) atoms. The Morgan fingerprint density at radius 1 is 1.45 bits per heavy atom. The lowest BCUT2D eigenvalue weighted by Gasteiger charge is -2.06. The van der Waals surface area contributed by atoms with Crippen LogP contribution in [0.2, 0.25) is 0 Å². The van der Waals surface area contributed by atoms with E-state index in [1.807, 2.05) is 0 Å². The van der Waals surface area contributed by atoms with Crippen LogP contribution in [0.25, 0.3) is 0 Å². The minimum absolute atomic E-state index is 0.116. The molecule has 2 aromatic rings. The Bertz CT molecular complexity index is 613. The number of pyridine rings is 1. The third-order valence-electron chi connectivity index (χ3n) is 2.46. The average Bonchev–Trinajstić information content (AvgIpc) is 2.84. The van der Waals surface area contributed by atoms with Crippen LogP contribution in [0.15, 0.2) is 16.7 Å². The van der Waals surface area contributed by atoms with Gasteiger partial charge in [-0.3, -0.25) is 10.1 Å². The number of aromatic nitrogens is 3. The second kappa shape index (κ2) is 5.95. The molecule has 0 aromatic carbocycles. The predicted molar refractivity (Wildman–Crippen MR) is 68.7 cm³/mol. The molecule has 0 unspecified atom stereocenters. The number of ether oxygens (including phenoxy) is 1. The number of rotatable bonds is 6. The highest BCUT2D eigenvalue weighted by atomic mass is 16.6. The predicted octanol–water partition coefficient (Wildman–Crippen LogP) is 1.34. The Labute approximate surface area is 114 Å². The summed E-state index contributed by atoms with van der Waals surface area (Å²) in [6.45, 7) is 2.08. The van der Waals surface area contributed by atoms with Crippen LogP contribution in [0.4, 0.5) is 11.5 Å². The van der Waals surface area contributed by atoms with Crippen molar-refractivity contribution in [1.82, 2.24) is 15.1 Å². The Balaban J connectivity index is 2.05. The molecule has 9 nitrogen and oxygen atoms in total. The number of aryl methyl sites for hydroxylation is 1. The standard InChI is InChI=1S/C11H13N5O4/c1-7-13-9(15-20-7)5-6-12-11-8(16(17)18)3-4-10(14-11)19-2/h3-4H,5-6H2,1-2H3,(H,12,14). The largest absolute Gasteiger partial charge is 0.481 e. The van der Waals surface area contributed by atoms with Gasteiger partial charge in [-0.15, -0.1) is 0 Å². The normalized spacial score (nSPS) is 10.3. The highest BCUT2D eigenvalue weighted by molar-refractivity contribution is 5.57. The van der Waals surface area contributed by atoms with Crippen molar-refractivity contribution in [2.75, 3.05) is 19.0 Å². The molecular formula is C11H13N5O4. The first-order chi connectivity index (χ1) is 9.60. The van der Waals surface area contributed by atoms with Crippen molar-refractivity contribution >= 4 is 11.5 Å². The van der Waals surface area contributed by atoms with Gasteiger partial charge in [0.2, 0.25) is 17.6 Å². The van der Waals surface area contributed by atoms with Gasteiger partial charge in [-0.1, -0.05) is 5.16 Å². The lowest BCUT2D eigenvalue weighted by molar-refractivity contribution is -0.384. The van der Waals surface area contributed by atoms with Gasteiger partial charge in [0.1, 0.15) is 0 Å². The maximum atomic E-state index is 10.9. The molecule has 0 aliphatic carbocycles. The van der Waals surface area contributed by atoms with E-state index in [1.165, 1.54) is 19.2 Å². The van der Waals surface area contributed by atoms with Crippen LogP contribution in [0, 0.1) is 17.0 Å². The molecule has 0 aliphatic rings. The minimum Gasteiger partial charge on any atom is -0.481 e. The monoisotopic (exact) mass is 279 g/mol. The fourth-order valence-corrected chi connectivity index (χ4v) is 1.56. The molecule has 2 heterocycles. The first-order valence-corrected chi connectivity index (χ1v) is 5.82. The molecule has 0 saturated carbocycles. The molecule has 0 amide bonds. The number of hydrogen-bond donors (Lipinski definition) is 1. The van der Waals surface area contributed by atoms with Crippen LogP contribution in [0.1, 0.15) is 11.7 Å². The lowest BCUT2D eigenvalue weighted by Crippen LogP contribution is -2.09. The fraction of sp³-hybridized carbons (Fsp3) is 0.364. The summed E-state index contributed by atoms with van der Waals surface area (Å²) in [6.07, 6.45) is 0.466. The second-order valence-electron chi connectivity index (χ2n) is 3.88. The van der Waals surface area contributed by atoms with Crippen molar-refractivity contribution in [1.29, 1.82) is 0 Å². The van der Waals surface area contributed by atoms with Gasteiger partial charge in [0.05, 0.1) is 12.0 Å². The molecule has 0 atom stereocenters. The van der Waals surface area contributed by atoms with Crippen LogP contribution in [-0.4, -0.2) is 33.7 Å². The van der Waals surface area contributed by atoms with E-state index >= 15 is 0 Å². The van der Waals surface area contributed by atoms with Crippen molar-refractivity contribution in [3.8, 4) is 5.88 Å². The second-order valence-corrected chi connectivity index (χ2v) is 3.88. The Morgan fingerprint density at radius 3 is 2.85 bits per heavy atom. The highest BCUT2D eigenvalue weighted by Gasteiger charge is 2.16. The summed E-state index contributed by atoms with van der Waals surface area (Å²) in [4.78, 5) is 18.4. The maximum absolute atomic E-state index is 10.9. The Kier molecular flexibility index (Phi) is 4.08. The van der Waals surface area contributed by atoms with Crippen LogP contribution >= 0.6 is 0 Å². The van der Waals surface area contributed by atoms with Crippen LogP contribution in [-0.2, 0) is 6.42 Å². The van der Waals surface area contributed by atoms with Crippen LogP contribution < -0.4 is 10.1 Å². The molecule has 0 saturated heterocycles. The Morgan fingerprint density at radius 2 is 2.25 bits per heavy atom. The maximum Gasteiger partial charge on any atom is 0.311 e. The zero-order valence-electron chi connectivity index (χ0n) is 11.0. The highest BCUT2D eigenvalue weighted by Crippen LogP contribution is 2.24. The van der Waals surface area contributed by atoms with E-state index in [1.54, 1.807) is 6.92 Å². The fourth-order valence-electron chi connectivity index (χ4n) is 1.56. The zero-order valence-corrected chi connectivity index (χ0v) is 11.0. The van der Waals surface area contributed by atoms with E-state index in [-0.39, 0.29) is 11.5 Å². The summed E-state index contributed by atoms with van der Waals surface area (Å²) >= 11 is 0. The van der Waals surface area contributed by atoms with Gasteiger partial charge in [0.25, 0.3) is 0 Å². The van der Waals surface area contributed by atoms with Crippen LogP contribution in [0.5, 0.6) is 5.88 Å². The number of hydrogen-bond acceptors (Lipinski definition) is 8. The number of nitrogens with one attached hydrogen (secondary N) is 1. The molecule has 0 aliphatic heterocycles. The van der Waals surface area contributed by atoms with Gasteiger partial charge in [0, 0.05) is 32.0 Å². The van der Waals surface area contributed by atoms with Crippen molar-refractivity contribution in [3.63, 3.8) is 0 Å². The molecular weight excluding hydrogens is 266 g/mol. The van der Waals surface area contributed by atoms with E-state index in [4.69, 9.17) is 9.26 Å². The number of nitro groups is 1. The molecule has 0 spiro atoms. The minimum atomic E-state index is -0.507. The third-order valence-corrected chi connectivity index (χ3v) is 2.46.